The minimum absolute atomic E-state index is 0.164. The summed E-state index contributed by atoms with van der Waals surface area (Å²) in [6.45, 7) is 6.73. The van der Waals surface area contributed by atoms with Crippen molar-refractivity contribution in [1.82, 2.24) is 16.0 Å². The lowest BCUT2D eigenvalue weighted by Gasteiger charge is -2.31. The summed E-state index contributed by atoms with van der Waals surface area (Å²) in [4.78, 5) is 51.0. The van der Waals surface area contributed by atoms with E-state index in [0.29, 0.717) is 45.4 Å². The Labute approximate surface area is 195 Å². The molecule has 0 heterocycles. The summed E-state index contributed by atoms with van der Waals surface area (Å²) in [6.07, 6.45) is 3.29. The number of carbonyl (C=O) groups excluding carboxylic acids is 4. The molecule has 0 radical (unpaired) electrons. The third-order valence-electron chi connectivity index (χ3n) is 5.70. The molecular formula is C21H40N8O4. The average molecular weight is 469 g/mol. The Morgan fingerprint density at radius 3 is 2.24 bits per heavy atom. The number of carbonyl (C=O) groups is 4. The maximum absolute atomic E-state index is 12.9. The molecule has 0 rings (SSSR count). The number of nitrogens with zero attached hydrogens (tertiary/aromatic N) is 3. The van der Waals surface area contributed by atoms with Crippen LogP contribution in [0.3, 0.4) is 0 Å². The Balaban J connectivity index is 4.76. The van der Waals surface area contributed by atoms with Crippen LogP contribution in [-0.4, -0.2) is 56.4 Å². The molecule has 0 saturated heterocycles. The third kappa shape index (κ3) is 12.7. The zero-order valence-corrected chi connectivity index (χ0v) is 20.1. The normalized spacial score (nSPS) is 14.2. The highest BCUT2D eigenvalue weighted by Crippen LogP contribution is 2.33. The average Bonchev–Trinajstić information content (AvgIpc) is 2.79. The number of hydrogen-bond donors (Lipinski definition) is 5. The van der Waals surface area contributed by atoms with Crippen LogP contribution >= 0.6 is 0 Å². The fraction of sp³-hybridized carbons (Fsp3) is 0.810. The van der Waals surface area contributed by atoms with E-state index in [9.17, 15) is 19.2 Å². The molecule has 12 heteroatoms. The van der Waals surface area contributed by atoms with Crippen molar-refractivity contribution in [3.63, 3.8) is 0 Å². The largest absolute Gasteiger partial charge is 0.369 e. The Bertz CT molecular complexity index is 696. The zero-order chi connectivity index (χ0) is 25.3. The van der Waals surface area contributed by atoms with E-state index in [1.807, 2.05) is 13.8 Å². The highest BCUT2D eigenvalue weighted by molar-refractivity contribution is 5.85. The molecule has 0 aromatic rings. The van der Waals surface area contributed by atoms with E-state index in [4.69, 9.17) is 17.0 Å². The molecule has 0 saturated carbocycles. The lowest BCUT2D eigenvalue weighted by atomic mass is 9.75. The van der Waals surface area contributed by atoms with Crippen LogP contribution in [0.25, 0.3) is 10.4 Å². The lowest BCUT2D eigenvalue weighted by molar-refractivity contribution is -0.134. The van der Waals surface area contributed by atoms with Gasteiger partial charge in [-0.05, 0) is 44.1 Å². The number of nitrogens with one attached hydrogen (secondary N) is 3. The molecule has 188 valence electrons. The van der Waals surface area contributed by atoms with E-state index in [1.165, 1.54) is 0 Å². The smallest absolute Gasteiger partial charge is 0.225 e. The fourth-order valence-corrected chi connectivity index (χ4v) is 3.33. The third-order valence-corrected chi connectivity index (χ3v) is 5.70. The second kappa shape index (κ2) is 16.7. The van der Waals surface area contributed by atoms with Gasteiger partial charge in [-0.2, -0.15) is 0 Å². The van der Waals surface area contributed by atoms with Gasteiger partial charge in [-0.1, -0.05) is 25.9 Å². The summed E-state index contributed by atoms with van der Waals surface area (Å²) in [5, 5.41) is 11.5. The minimum atomic E-state index is -0.775. The SMILES string of the molecule is CCC(C)(CC(CC(C)C(N)=O)C(=O)NCCCCCNC(=O)CN=[N+]=[N-])C(=O)NCCN. The summed E-state index contributed by atoms with van der Waals surface area (Å²) in [5.74, 6) is -2.23. The van der Waals surface area contributed by atoms with Crippen molar-refractivity contribution in [2.75, 3.05) is 32.7 Å². The second-order valence-corrected chi connectivity index (χ2v) is 8.49. The van der Waals surface area contributed by atoms with Gasteiger partial charge in [-0.15, -0.1) is 0 Å². The van der Waals surface area contributed by atoms with Gasteiger partial charge in [0.05, 0.1) is 0 Å². The van der Waals surface area contributed by atoms with Crippen molar-refractivity contribution >= 4 is 23.6 Å². The lowest BCUT2D eigenvalue weighted by Crippen LogP contribution is -2.44. The van der Waals surface area contributed by atoms with Gasteiger partial charge in [-0.3, -0.25) is 19.2 Å². The second-order valence-electron chi connectivity index (χ2n) is 8.49. The molecule has 0 aromatic carbocycles. The zero-order valence-electron chi connectivity index (χ0n) is 20.1. The van der Waals surface area contributed by atoms with E-state index >= 15 is 0 Å². The molecule has 4 amide bonds. The number of unbranched alkanes of at least 4 members (excludes halogenated alkanes) is 2. The Kier molecular flexibility index (Phi) is 15.3. The highest BCUT2D eigenvalue weighted by Gasteiger charge is 2.37. The van der Waals surface area contributed by atoms with Gasteiger partial charge in [0.1, 0.15) is 6.54 Å². The molecule has 0 fully saturated rings. The molecule has 33 heavy (non-hydrogen) atoms. The van der Waals surface area contributed by atoms with Gasteiger partial charge in [0, 0.05) is 48.3 Å². The van der Waals surface area contributed by atoms with Gasteiger partial charge in [0.25, 0.3) is 0 Å². The van der Waals surface area contributed by atoms with Crippen molar-refractivity contribution in [3.8, 4) is 0 Å². The van der Waals surface area contributed by atoms with Crippen LogP contribution in [0.15, 0.2) is 5.11 Å². The van der Waals surface area contributed by atoms with Crippen molar-refractivity contribution in [2.24, 2.45) is 33.8 Å². The molecule has 3 atom stereocenters. The Hall–Kier alpha value is -2.85. The van der Waals surface area contributed by atoms with Crippen LogP contribution in [-0.2, 0) is 19.2 Å². The molecule has 0 aromatic heterocycles. The molecule has 0 bridgehead atoms. The van der Waals surface area contributed by atoms with E-state index < -0.39 is 23.2 Å². The first kappa shape index (κ1) is 30.1. The first-order chi connectivity index (χ1) is 15.6. The van der Waals surface area contributed by atoms with Crippen LogP contribution in [0.1, 0.15) is 59.3 Å². The van der Waals surface area contributed by atoms with Crippen molar-refractivity contribution in [3.05, 3.63) is 10.4 Å². The Morgan fingerprint density at radius 1 is 1.06 bits per heavy atom. The van der Waals surface area contributed by atoms with Gasteiger partial charge in [0.15, 0.2) is 0 Å². The minimum Gasteiger partial charge on any atom is -0.369 e. The molecule has 3 unspecified atom stereocenters. The first-order valence-electron chi connectivity index (χ1n) is 11.4. The van der Waals surface area contributed by atoms with Crippen LogP contribution in [0.4, 0.5) is 0 Å². The van der Waals surface area contributed by atoms with E-state index in [0.717, 1.165) is 12.8 Å². The van der Waals surface area contributed by atoms with Crippen LogP contribution < -0.4 is 27.4 Å². The van der Waals surface area contributed by atoms with Gasteiger partial charge < -0.3 is 27.4 Å². The van der Waals surface area contributed by atoms with E-state index in [2.05, 4.69) is 26.0 Å². The van der Waals surface area contributed by atoms with Crippen LogP contribution in [0, 0.1) is 17.3 Å². The van der Waals surface area contributed by atoms with E-state index in [1.54, 1.807) is 6.92 Å². The molecular weight excluding hydrogens is 428 g/mol. The predicted octanol–water partition coefficient (Wildman–Crippen LogP) is 0.708. The summed E-state index contributed by atoms with van der Waals surface area (Å²) in [7, 11) is 0. The molecule has 0 spiro atoms. The monoisotopic (exact) mass is 468 g/mol. The molecule has 0 aliphatic heterocycles. The maximum atomic E-state index is 12.9. The quantitative estimate of drug-likeness (QED) is 0.0850. The summed E-state index contributed by atoms with van der Waals surface area (Å²) < 4.78 is 0. The number of amides is 4. The number of hydrogen-bond acceptors (Lipinski definition) is 6. The molecule has 7 N–H and O–H groups in total. The van der Waals surface area contributed by atoms with E-state index in [-0.39, 0.29) is 30.7 Å². The summed E-state index contributed by atoms with van der Waals surface area (Å²) >= 11 is 0. The van der Waals surface area contributed by atoms with Gasteiger partial charge in [0.2, 0.25) is 23.6 Å². The van der Waals surface area contributed by atoms with Crippen LogP contribution in [0.5, 0.6) is 0 Å². The van der Waals surface area contributed by atoms with Crippen molar-refractivity contribution < 1.29 is 19.2 Å². The number of nitrogens with two attached hydrogens (primary N) is 2. The standard InChI is InChI=1S/C21H40N8O4/c1-4-21(3,20(33)27-11-8-22)13-16(12-15(2)18(23)31)19(32)26-10-7-5-6-9-25-17(30)14-28-29-24/h15-16H,4-14,22H2,1-3H3,(H2,23,31)(H,25,30)(H,26,32)(H,27,33). The number of rotatable bonds is 18. The van der Waals surface area contributed by atoms with Crippen molar-refractivity contribution in [1.29, 1.82) is 0 Å². The topological polar surface area (TPSA) is 205 Å². The summed E-state index contributed by atoms with van der Waals surface area (Å²) in [6, 6.07) is 0. The fourth-order valence-electron chi connectivity index (χ4n) is 3.33. The predicted molar refractivity (Wildman–Crippen MR) is 125 cm³/mol. The van der Waals surface area contributed by atoms with Gasteiger partial charge in [-0.25, -0.2) is 0 Å². The Morgan fingerprint density at radius 2 is 1.70 bits per heavy atom. The molecule has 0 aliphatic rings. The maximum Gasteiger partial charge on any atom is 0.225 e. The van der Waals surface area contributed by atoms with Gasteiger partial charge >= 0.3 is 0 Å². The number of azide groups is 1. The number of primary amides is 1. The van der Waals surface area contributed by atoms with Crippen LogP contribution in [0.2, 0.25) is 0 Å². The molecule has 0 aliphatic carbocycles. The first-order valence-corrected chi connectivity index (χ1v) is 11.4. The summed E-state index contributed by atoms with van der Waals surface area (Å²) in [5.41, 5.74) is 18.3. The highest BCUT2D eigenvalue weighted by atomic mass is 16.2. The van der Waals surface area contributed by atoms with Crippen molar-refractivity contribution in [2.45, 2.75) is 59.3 Å². The molecule has 12 nitrogen and oxygen atoms in total.